The van der Waals surface area contributed by atoms with E-state index in [1.54, 1.807) is 36.4 Å². The summed E-state index contributed by atoms with van der Waals surface area (Å²) in [5.74, 6) is 0.106. The minimum atomic E-state index is -0.385. The molecule has 0 heterocycles. The first-order valence-electron chi connectivity index (χ1n) is 11.7. The predicted molar refractivity (Wildman–Crippen MR) is 137 cm³/mol. The van der Waals surface area contributed by atoms with Crippen LogP contribution in [-0.4, -0.2) is 5.97 Å². The second-order valence-corrected chi connectivity index (χ2v) is 8.33. The highest BCUT2D eigenvalue weighted by Crippen LogP contribution is 2.24. The topological polar surface area (TPSA) is 50.1 Å². The molecule has 0 saturated carbocycles. The Labute approximate surface area is 201 Å². The van der Waals surface area contributed by atoms with Gasteiger partial charge in [-0.05, 0) is 77.1 Å². The minimum Gasteiger partial charge on any atom is -0.423 e. The van der Waals surface area contributed by atoms with E-state index in [9.17, 15) is 4.79 Å². The monoisotopic (exact) mass is 445 g/mol. The van der Waals surface area contributed by atoms with Gasteiger partial charge in [-0.3, -0.25) is 0 Å². The van der Waals surface area contributed by atoms with E-state index in [0.29, 0.717) is 16.9 Å². The molecular formula is C31H27NO2. The number of carbonyl (C=O) groups is 1. The Morgan fingerprint density at radius 3 is 1.74 bits per heavy atom. The van der Waals surface area contributed by atoms with Crippen LogP contribution in [0.3, 0.4) is 0 Å². The molecule has 0 amide bonds. The van der Waals surface area contributed by atoms with Gasteiger partial charge in [-0.25, -0.2) is 4.79 Å². The van der Waals surface area contributed by atoms with Crippen LogP contribution in [0, 0.1) is 11.3 Å². The Morgan fingerprint density at radius 1 is 0.706 bits per heavy atom. The summed E-state index contributed by atoms with van der Waals surface area (Å²) in [5, 5.41) is 8.93. The van der Waals surface area contributed by atoms with Gasteiger partial charge in [0.2, 0.25) is 0 Å². The van der Waals surface area contributed by atoms with Gasteiger partial charge in [0.15, 0.2) is 0 Å². The van der Waals surface area contributed by atoms with Crippen LogP contribution in [0.4, 0.5) is 0 Å². The maximum Gasteiger partial charge on any atom is 0.343 e. The summed E-state index contributed by atoms with van der Waals surface area (Å²) in [4.78, 5) is 12.6. The Hall–Kier alpha value is -4.16. The highest BCUT2D eigenvalue weighted by molar-refractivity contribution is 5.91. The number of nitrogens with zero attached hydrogens (tertiary/aromatic N) is 1. The van der Waals surface area contributed by atoms with Gasteiger partial charge < -0.3 is 4.74 Å². The number of hydrogen-bond acceptors (Lipinski definition) is 3. The second kappa shape index (κ2) is 11.1. The first kappa shape index (κ1) is 23.0. The van der Waals surface area contributed by atoms with Crippen molar-refractivity contribution in [2.24, 2.45) is 0 Å². The normalized spacial score (nSPS) is 10.5. The summed E-state index contributed by atoms with van der Waals surface area (Å²) in [5.41, 5.74) is 6.70. The summed E-state index contributed by atoms with van der Waals surface area (Å²) >= 11 is 0. The van der Waals surface area contributed by atoms with Gasteiger partial charge in [0, 0.05) is 0 Å². The number of esters is 1. The molecule has 0 atom stereocenters. The molecular weight excluding hydrogens is 418 g/mol. The molecule has 34 heavy (non-hydrogen) atoms. The summed E-state index contributed by atoms with van der Waals surface area (Å²) < 4.78 is 5.55. The molecule has 0 aliphatic rings. The van der Waals surface area contributed by atoms with Gasteiger partial charge in [-0.2, -0.15) is 5.26 Å². The Bertz CT molecular complexity index is 1260. The summed E-state index contributed by atoms with van der Waals surface area (Å²) in [6.07, 6.45) is 4.84. The number of hydrogen-bond donors (Lipinski definition) is 0. The van der Waals surface area contributed by atoms with Crippen LogP contribution < -0.4 is 4.74 Å². The van der Waals surface area contributed by atoms with Gasteiger partial charge >= 0.3 is 5.97 Å². The number of aryl methyl sites for hydroxylation is 1. The van der Waals surface area contributed by atoms with Crippen LogP contribution in [0.1, 0.15) is 47.7 Å². The minimum absolute atomic E-state index is 0.385. The standard InChI is InChI=1S/C31H27NO2/c1-2-3-4-5-23-6-10-25(11-7-23)27-14-16-29(17-15-27)31(33)34-30-20-18-28(19-21-30)26-12-8-24(22-32)9-13-26/h6-21H,2-5H2,1H3. The van der Waals surface area contributed by atoms with E-state index in [4.69, 9.17) is 10.00 Å². The zero-order chi connectivity index (χ0) is 23.8. The first-order chi connectivity index (χ1) is 16.7. The van der Waals surface area contributed by atoms with Gasteiger partial charge in [-0.15, -0.1) is 0 Å². The molecule has 4 aromatic carbocycles. The van der Waals surface area contributed by atoms with Crippen LogP contribution in [0.5, 0.6) is 5.75 Å². The van der Waals surface area contributed by atoms with Crippen molar-refractivity contribution in [3.63, 3.8) is 0 Å². The number of carbonyl (C=O) groups excluding carboxylic acids is 1. The molecule has 0 unspecified atom stereocenters. The summed E-state index contributed by atoms with van der Waals surface area (Å²) in [6, 6.07) is 33.0. The van der Waals surface area contributed by atoms with Gasteiger partial charge in [-0.1, -0.05) is 80.4 Å². The predicted octanol–water partition coefficient (Wildman–Crippen LogP) is 7.84. The third kappa shape index (κ3) is 5.79. The number of unbranched alkanes of at least 4 members (excludes halogenated alkanes) is 2. The van der Waals surface area contributed by atoms with Crippen LogP contribution >= 0.6 is 0 Å². The molecule has 3 nitrogen and oxygen atoms in total. The molecule has 4 aromatic rings. The molecule has 0 N–H and O–H groups in total. The average molecular weight is 446 g/mol. The lowest BCUT2D eigenvalue weighted by Gasteiger charge is -2.08. The number of rotatable bonds is 8. The number of nitriles is 1. The molecule has 0 aliphatic heterocycles. The largest absolute Gasteiger partial charge is 0.423 e. The van der Waals surface area contributed by atoms with Crippen LogP contribution in [0.25, 0.3) is 22.3 Å². The van der Waals surface area contributed by atoms with E-state index >= 15 is 0 Å². The molecule has 168 valence electrons. The Kier molecular flexibility index (Phi) is 7.53. The fourth-order valence-corrected chi connectivity index (χ4v) is 3.86. The van der Waals surface area contributed by atoms with Gasteiger partial charge in [0.05, 0.1) is 17.2 Å². The SMILES string of the molecule is CCCCCc1ccc(-c2ccc(C(=O)Oc3ccc(-c4ccc(C#N)cc4)cc3)cc2)cc1. The lowest BCUT2D eigenvalue weighted by atomic mass is 10.0. The van der Waals surface area contributed by atoms with Gasteiger partial charge in [0.25, 0.3) is 0 Å². The highest BCUT2D eigenvalue weighted by Gasteiger charge is 2.10. The van der Waals surface area contributed by atoms with Crippen LogP contribution in [-0.2, 0) is 6.42 Å². The van der Waals surface area contributed by atoms with E-state index in [2.05, 4.69) is 37.3 Å². The van der Waals surface area contributed by atoms with E-state index in [1.807, 2.05) is 36.4 Å². The lowest BCUT2D eigenvalue weighted by Crippen LogP contribution is -2.08. The third-order valence-electron chi connectivity index (χ3n) is 5.89. The third-order valence-corrected chi connectivity index (χ3v) is 5.89. The fourth-order valence-electron chi connectivity index (χ4n) is 3.86. The molecule has 0 aliphatic carbocycles. The molecule has 4 rings (SSSR count). The first-order valence-corrected chi connectivity index (χ1v) is 11.7. The van der Waals surface area contributed by atoms with Gasteiger partial charge in [0.1, 0.15) is 5.75 Å². The van der Waals surface area contributed by atoms with Crippen molar-refractivity contribution in [2.45, 2.75) is 32.6 Å². The highest BCUT2D eigenvalue weighted by atomic mass is 16.5. The van der Waals surface area contributed by atoms with Crippen LogP contribution in [0.2, 0.25) is 0 Å². The zero-order valence-electron chi connectivity index (χ0n) is 19.3. The van der Waals surface area contributed by atoms with Crippen molar-refractivity contribution < 1.29 is 9.53 Å². The van der Waals surface area contributed by atoms with Crippen molar-refractivity contribution in [3.05, 3.63) is 114 Å². The van der Waals surface area contributed by atoms with Crippen molar-refractivity contribution in [1.29, 1.82) is 5.26 Å². The summed E-state index contributed by atoms with van der Waals surface area (Å²) in [6.45, 7) is 2.22. The maximum absolute atomic E-state index is 12.6. The smallest absolute Gasteiger partial charge is 0.343 e. The maximum atomic E-state index is 12.6. The fraction of sp³-hybridized carbons (Fsp3) is 0.161. The van der Waals surface area contributed by atoms with E-state index in [0.717, 1.165) is 28.7 Å². The van der Waals surface area contributed by atoms with E-state index < -0.39 is 0 Å². The number of benzene rings is 4. The Morgan fingerprint density at radius 2 is 1.21 bits per heavy atom. The molecule has 0 fully saturated rings. The zero-order valence-corrected chi connectivity index (χ0v) is 19.3. The second-order valence-electron chi connectivity index (χ2n) is 8.33. The van der Waals surface area contributed by atoms with Crippen molar-refractivity contribution >= 4 is 5.97 Å². The summed E-state index contributed by atoms with van der Waals surface area (Å²) in [7, 11) is 0. The number of ether oxygens (including phenoxy) is 1. The van der Waals surface area contributed by atoms with E-state index in [-0.39, 0.29) is 5.97 Å². The molecule has 3 heteroatoms. The molecule has 0 bridgehead atoms. The van der Waals surface area contributed by atoms with E-state index in [1.165, 1.54) is 24.8 Å². The molecule has 0 saturated heterocycles. The van der Waals surface area contributed by atoms with Crippen LogP contribution in [0.15, 0.2) is 97.1 Å². The van der Waals surface area contributed by atoms with Crippen molar-refractivity contribution in [2.75, 3.05) is 0 Å². The lowest BCUT2D eigenvalue weighted by molar-refractivity contribution is 0.0735. The Balaban J connectivity index is 1.37. The molecule has 0 radical (unpaired) electrons. The molecule has 0 aromatic heterocycles. The average Bonchev–Trinajstić information content (AvgIpc) is 2.90. The quantitative estimate of drug-likeness (QED) is 0.158. The van der Waals surface area contributed by atoms with Crippen molar-refractivity contribution in [1.82, 2.24) is 0 Å². The molecule has 0 spiro atoms. The van der Waals surface area contributed by atoms with Crippen molar-refractivity contribution in [3.8, 4) is 34.1 Å².